The zero-order valence-corrected chi connectivity index (χ0v) is 15.1. The van der Waals surface area contributed by atoms with Crippen LogP contribution in [0, 0.1) is 5.41 Å². The second-order valence-corrected chi connectivity index (χ2v) is 8.51. The van der Waals surface area contributed by atoms with E-state index in [2.05, 4.69) is 44.0 Å². The fourth-order valence-corrected chi connectivity index (χ4v) is 4.82. The molecule has 0 fully saturated rings. The van der Waals surface area contributed by atoms with Gasteiger partial charge < -0.3 is 0 Å². The van der Waals surface area contributed by atoms with Gasteiger partial charge in [-0.25, -0.2) is 8.42 Å². The molecule has 0 heterocycles. The van der Waals surface area contributed by atoms with E-state index in [1.165, 1.54) is 5.56 Å². The van der Waals surface area contributed by atoms with E-state index in [0.29, 0.717) is 6.42 Å². The summed E-state index contributed by atoms with van der Waals surface area (Å²) in [4.78, 5) is 0. The number of halogens is 2. The van der Waals surface area contributed by atoms with Crippen LogP contribution in [0.15, 0.2) is 30.3 Å². The summed E-state index contributed by atoms with van der Waals surface area (Å²) in [5.41, 5.74) is 1.19. The minimum Gasteiger partial charge on any atom is -0.229 e. The third-order valence-corrected chi connectivity index (χ3v) is 7.46. The predicted molar refractivity (Wildman–Crippen MR) is 89.1 cm³/mol. The lowest BCUT2D eigenvalue weighted by molar-refractivity contribution is 0.373. The van der Waals surface area contributed by atoms with Gasteiger partial charge in [0.2, 0.25) is 0 Å². The van der Waals surface area contributed by atoms with Crippen molar-refractivity contribution in [2.24, 2.45) is 5.41 Å². The Morgan fingerprint density at radius 3 is 2.16 bits per heavy atom. The van der Waals surface area contributed by atoms with Crippen LogP contribution in [0.25, 0.3) is 0 Å². The molecule has 0 amide bonds. The van der Waals surface area contributed by atoms with Gasteiger partial charge in [-0.1, -0.05) is 69.1 Å². The summed E-state index contributed by atoms with van der Waals surface area (Å²) in [6.45, 7) is 1.70. The highest BCUT2D eigenvalue weighted by molar-refractivity contribution is 9.09. The van der Waals surface area contributed by atoms with Crippen molar-refractivity contribution in [3.05, 3.63) is 35.9 Å². The standard InChI is InChI=1S/C14H20Br2O2S/c1-2-19(17,18)9-8-14(11-15,12-16)10-13-6-4-3-5-7-13/h3-7H,2,8-12H2,1H3. The Kier molecular flexibility index (Phi) is 7.05. The molecule has 0 atom stereocenters. The summed E-state index contributed by atoms with van der Waals surface area (Å²) >= 11 is 7.11. The second kappa shape index (κ2) is 7.79. The van der Waals surface area contributed by atoms with Crippen LogP contribution in [0.1, 0.15) is 18.9 Å². The van der Waals surface area contributed by atoms with Gasteiger partial charge in [0.25, 0.3) is 0 Å². The van der Waals surface area contributed by atoms with Crippen LogP contribution < -0.4 is 0 Å². The first-order chi connectivity index (χ1) is 8.97. The number of rotatable bonds is 8. The van der Waals surface area contributed by atoms with Crippen molar-refractivity contribution >= 4 is 41.7 Å². The molecule has 108 valence electrons. The van der Waals surface area contributed by atoms with Crippen LogP contribution in [-0.2, 0) is 16.3 Å². The molecule has 1 aromatic carbocycles. The summed E-state index contributed by atoms with van der Waals surface area (Å²) < 4.78 is 23.4. The van der Waals surface area contributed by atoms with Crippen LogP contribution in [0.2, 0.25) is 0 Å². The molecule has 0 aromatic heterocycles. The number of alkyl halides is 2. The van der Waals surface area contributed by atoms with E-state index in [4.69, 9.17) is 0 Å². The predicted octanol–water partition coefficient (Wildman–Crippen LogP) is 3.83. The SMILES string of the molecule is CCS(=O)(=O)CCC(CBr)(CBr)Cc1ccccc1. The Hall–Kier alpha value is 0.130. The molecule has 1 rings (SSSR count). The Labute approximate surface area is 133 Å². The summed E-state index contributed by atoms with van der Waals surface area (Å²) in [6, 6.07) is 10.2. The van der Waals surface area contributed by atoms with Crippen molar-refractivity contribution in [2.45, 2.75) is 19.8 Å². The molecular formula is C14H20Br2O2S. The van der Waals surface area contributed by atoms with Gasteiger partial charge in [-0.15, -0.1) is 0 Å². The molecule has 0 aliphatic heterocycles. The third-order valence-electron chi connectivity index (χ3n) is 3.37. The van der Waals surface area contributed by atoms with Crippen LogP contribution >= 0.6 is 31.9 Å². The lowest BCUT2D eigenvalue weighted by Crippen LogP contribution is -2.31. The summed E-state index contributed by atoms with van der Waals surface area (Å²) in [7, 11) is -2.91. The minimum atomic E-state index is -2.91. The Morgan fingerprint density at radius 2 is 1.68 bits per heavy atom. The van der Waals surface area contributed by atoms with Crippen molar-refractivity contribution in [3.8, 4) is 0 Å². The van der Waals surface area contributed by atoms with E-state index in [9.17, 15) is 8.42 Å². The number of benzene rings is 1. The molecule has 0 N–H and O–H groups in total. The van der Waals surface area contributed by atoms with Gasteiger partial charge in [0, 0.05) is 16.4 Å². The third kappa shape index (κ3) is 5.56. The zero-order chi connectivity index (χ0) is 14.4. The molecule has 0 saturated heterocycles. The molecule has 0 bridgehead atoms. The first kappa shape index (κ1) is 17.2. The maximum atomic E-state index is 11.7. The maximum absolute atomic E-state index is 11.7. The van der Waals surface area contributed by atoms with Gasteiger partial charge in [0.05, 0.1) is 5.75 Å². The minimum absolute atomic E-state index is 0.0520. The quantitative estimate of drug-likeness (QED) is 0.609. The molecule has 2 nitrogen and oxygen atoms in total. The summed E-state index contributed by atoms with van der Waals surface area (Å²) in [5.74, 6) is 0.479. The number of sulfone groups is 1. The van der Waals surface area contributed by atoms with Gasteiger partial charge in [-0.2, -0.15) is 0 Å². The monoisotopic (exact) mass is 410 g/mol. The van der Waals surface area contributed by atoms with Gasteiger partial charge in [-0.05, 0) is 23.8 Å². The lowest BCUT2D eigenvalue weighted by atomic mass is 9.83. The van der Waals surface area contributed by atoms with E-state index in [1.54, 1.807) is 6.92 Å². The van der Waals surface area contributed by atoms with E-state index in [0.717, 1.165) is 17.1 Å². The van der Waals surface area contributed by atoms with E-state index in [1.807, 2.05) is 18.2 Å². The van der Waals surface area contributed by atoms with Gasteiger partial charge in [0.1, 0.15) is 9.84 Å². The lowest BCUT2D eigenvalue weighted by Gasteiger charge is -2.30. The molecule has 0 spiro atoms. The van der Waals surface area contributed by atoms with E-state index >= 15 is 0 Å². The molecule has 0 aliphatic rings. The molecule has 0 saturated carbocycles. The number of hydrogen-bond donors (Lipinski definition) is 0. The van der Waals surface area contributed by atoms with E-state index < -0.39 is 9.84 Å². The summed E-state index contributed by atoms with van der Waals surface area (Å²) in [5, 5.41) is 1.58. The molecule has 19 heavy (non-hydrogen) atoms. The molecular weight excluding hydrogens is 392 g/mol. The largest absolute Gasteiger partial charge is 0.229 e. The Bertz CT molecular complexity index is 467. The highest BCUT2D eigenvalue weighted by Crippen LogP contribution is 2.32. The topological polar surface area (TPSA) is 34.1 Å². The first-order valence-electron chi connectivity index (χ1n) is 6.33. The molecule has 5 heteroatoms. The highest BCUT2D eigenvalue weighted by atomic mass is 79.9. The maximum Gasteiger partial charge on any atom is 0.150 e. The fraction of sp³-hybridized carbons (Fsp3) is 0.571. The van der Waals surface area contributed by atoms with Gasteiger partial charge in [-0.3, -0.25) is 0 Å². The molecule has 0 radical (unpaired) electrons. The first-order valence-corrected chi connectivity index (χ1v) is 10.4. The molecule has 1 aromatic rings. The summed E-state index contributed by atoms with van der Waals surface area (Å²) in [6.07, 6.45) is 1.55. The normalized spacial score (nSPS) is 12.6. The molecule has 0 unspecified atom stereocenters. The average Bonchev–Trinajstić information content (AvgIpc) is 2.45. The average molecular weight is 412 g/mol. The Balaban J connectivity index is 2.80. The van der Waals surface area contributed by atoms with Gasteiger partial charge in [0.15, 0.2) is 0 Å². The highest BCUT2D eigenvalue weighted by Gasteiger charge is 2.29. The van der Waals surface area contributed by atoms with Crippen molar-refractivity contribution < 1.29 is 8.42 Å². The van der Waals surface area contributed by atoms with Crippen molar-refractivity contribution in [2.75, 3.05) is 22.2 Å². The van der Waals surface area contributed by atoms with Crippen molar-refractivity contribution in [1.82, 2.24) is 0 Å². The number of hydrogen-bond acceptors (Lipinski definition) is 2. The van der Waals surface area contributed by atoms with Crippen LogP contribution in [-0.4, -0.2) is 30.6 Å². The zero-order valence-electron chi connectivity index (χ0n) is 11.1. The van der Waals surface area contributed by atoms with E-state index in [-0.39, 0.29) is 16.9 Å². The van der Waals surface area contributed by atoms with Crippen LogP contribution in [0.5, 0.6) is 0 Å². The second-order valence-electron chi connectivity index (χ2n) is 4.92. The van der Waals surface area contributed by atoms with Crippen molar-refractivity contribution in [1.29, 1.82) is 0 Å². The fourth-order valence-electron chi connectivity index (χ4n) is 1.90. The Morgan fingerprint density at radius 1 is 1.11 bits per heavy atom. The van der Waals surface area contributed by atoms with Crippen molar-refractivity contribution in [3.63, 3.8) is 0 Å². The molecule has 0 aliphatic carbocycles. The smallest absolute Gasteiger partial charge is 0.150 e. The van der Waals surface area contributed by atoms with Gasteiger partial charge >= 0.3 is 0 Å². The van der Waals surface area contributed by atoms with Crippen LogP contribution in [0.4, 0.5) is 0 Å². The van der Waals surface area contributed by atoms with Crippen LogP contribution in [0.3, 0.4) is 0 Å².